The predicted molar refractivity (Wildman–Crippen MR) is 85.2 cm³/mol. The topological polar surface area (TPSA) is 88.8 Å². The van der Waals surface area contributed by atoms with Crippen LogP contribution >= 0.6 is 0 Å². The molecule has 6 nitrogen and oxygen atoms in total. The summed E-state index contributed by atoms with van der Waals surface area (Å²) in [6.45, 7) is 4.61. The number of carbonyl (C=O) groups excluding carboxylic acids is 1. The first-order valence-corrected chi connectivity index (χ1v) is 7.39. The lowest BCUT2D eigenvalue weighted by Crippen LogP contribution is -2.12. The average molecular weight is 317 g/mol. The van der Waals surface area contributed by atoms with E-state index in [-0.39, 0.29) is 11.5 Å². The van der Waals surface area contributed by atoms with E-state index >= 15 is 0 Å². The molecule has 2 aromatic rings. The highest BCUT2D eigenvalue weighted by Gasteiger charge is 2.15. The molecule has 1 aromatic carbocycles. The number of carbonyl (C=O) groups is 2. The maximum atomic E-state index is 12.1. The van der Waals surface area contributed by atoms with Gasteiger partial charge >= 0.3 is 5.97 Å². The van der Waals surface area contributed by atoms with Gasteiger partial charge < -0.3 is 19.6 Å². The second kappa shape index (κ2) is 7.49. The normalized spacial score (nSPS) is 10.3. The van der Waals surface area contributed by atoms with Crippen LogP contribution in [0.5, 0.6) is 5.75 Å². The number of carboxylic acids is 1. The number of furan rings is 1. The number of hydrogen-bond acceptors (Lipinski definition) is 4. The van der Waals surface area contributed by atoms with Crippen molar-refractivity contribution >= 4 is 17.6 Å². The first-order valence-electron chi connectivity index (χ1n) is 7.39. The molecule has 0 spiro atoms. The number of carboxylic acid groups (broad SMARTS) is 1. The Bertz CT molecular complexity index is 705. The Labute approximate surface area is 134 Å². The average Bonchev–Trinajstić information content (AvgIpc) is 3.00. The summed E-state index contributed by atoms with van der Waals surface area (Å²) in [5.41, 5.74) is 1.46. The van der Waals surface area contributed by atoms with Gasteiger partial charge in [0.25, 0.3) is 5.91 Å². The van der Waals surface area contributed by atoms with E-state index in [1.54, 1.807) is 12.1 Å². The SMILES string of the molecule is CCCCOc1ccc(NC(=O)c2ccc(C(=O)O)o2)c(C)c1. The Morgan fingerprint density at radius 2 is 1.96 bits per heavy atom. The van der Waals surface area contributed by atoms with Crippen molar-refractivity contribution in [2.75, 3.05) is 11.9 Å². The van der Waals surface area contributed by atoms with Gasteiger partial charge in [-0.05, 0) is 49.2 Å². The van der Waals surface area contributed by atoms with Gasteiger partial charge in [-0.3, -0.25) is 4.79 Å². The van der Waals surface area contributed by atoms with Crippen molar-refractivity contribution in [1.29, 1.82) is 0 Å². The number of aryl methyl sites for hydroxylation is 1. The van der Waals surface area contributed by atoms with E-state index in [0.717, 1.165) is 24.2 Å². The van der Waals surface area contributed by atoms with Crippen LogP contribution in [0, 0.1) is 6.92 Å². The van der Waals surface area contributed by atoms with E-state index in [0.29, 0.717) is 12.3 Å². The van der Waals surface area contributed by atoms with Crippen LogP contribution in [0.1, 0.15) is 46.4 Å². The van der Waals surface area contributed by atoms with E-state index in [2.05, 4.69) is 12.2 Å². The molecule has 2 N–H and O–H groups in total. The Morgan fingerprint density at radius 1 is 1.22 bits per heavy atom. The fourth-order valence-electron chi connectivity index (χ4n) is 1.96. The Kier molecular flexibility index (Phi) is 5.41. The molecule has 0 unspecified atom stereocenters. The quantitative estimate of drug-likeness (QED) is 0.760. The summed E-state index contributed by atoms with van der Waals surface area (Å²) in [4.78, 5) is 22.8. The van der Waals surface area contributed by atoms with E-state index < -0.39 is 11.9 Å². The number of unbranched alkanes of at least 4 members (excludes halogenated alkanes) is 1. The Balaban J connectivity index is 2.04. The third-order valence-corrected chi connectivity index (χ3v) is 3.25. The predicted octanol–water partition coefficient (Wildman–Crippen LogP) is 3.72. The summed E-state index contributed by atoms with van der Waals surface area (Å²) in [7, 11) is 0. The zero-order valence-corrected chi connectivity index (χ0v) is 13.1. The number of hydrogen-bond donors (Lipinski definition) is 2. The van der Waals surface area contributed by atoms with Crippen molar-refractivity contribution in [2.45, 2.75) is 26.7 Å². The largest absolute Gasteiger partial charge is 0.494 e. The molecule has 122 valence electrons. The molecule has 6 heteroatoms. The van der Waals surface area contributed by atoms with Crippen molar-refractivity contribution in [2.24, 2.45) is 0 Å². The monoisotopic (exact) mass is 317 g/mol. The molecule has 2 rings (SSSR count). The third kappa shape index (κ3) is 4.35. The molecule has 0 aliphatic carbocycles. The molecule has 0 saturated heterocycles. The number of amides is 1. The summed E-state index contributed by atoms with van der Waals surface area (Å²) < 4.78 is 10.6. The van der Waals surface area contributed by atoms with Crippen molar-refractivity contribution in [3.8, 4) is 5.75 Å². The highest BCUT2D eigenvalue weighted by atomic mass is 16.5. The zero-order valence-electron chi connectivity index (χ0n) is 13.1. The van der Waals surface area contributed by atoms with Crippen LogP contribution < -0.4 is 10.1 Å². The van der Waals surface area contributed by atoms with Crippen molar-refractivity contribution in [3.63, 3.8) is 0 Å². The number of benzene rings is 1. The smallest absolute Gasteiger partial charge is 0.371 e. The van der Waals surface area contributed by atoms with Crippen LogP contribution in [0.15, 0.2) is 34.7 Å². The van der Waals surface area contributed by atoms with E-state index in [4.69, 9.17) is 14.3 Å². The Hall–Kier alpha value is -2.76. The molecule has 0 fully saturated rings. The zero-order chi connectivity index (χ0) is 16.8. The number of ether oxygens (including phenoxy) is 1. The molecule has 23 heavy (non-hydrogen) atoms. The van der Waals surface area contributed by atoms with E-state index in [1.165, 1.54) is 12.1 Å². The molecule has 0 radical (unpaired) electrons. The molecule has 0 aliphatic heterocycles. The van der Waals surface area contributed by atoms with E-state index in [1.807, 2.05) is 13.0 Å². The lowest BCUT2D eigenvalue weighted by atomic mass is 10.2. The van der Waals surface area contributed by atoms with E-state index in [9.17, 15) is 9.59 Å². The van der Waals surface area contributed by atoms with Crippen LogP contribution in [0.3, 0.4) is 0 Å². The molecule has 0 atom stereocenters. The highest BCUT2D eigenvalue weighted by Crippen LogP contribution is 2.22. The van der Waals surface area contributed by atoms with Crippen LogP contribution in [0.4, 0.5) is 5.69 Å². The van der Waals surface area contributed by atoms with Gasteiger partial charge in [0.15, 0.2) is 5.76 Å². The van der Waals surface area contributed by atoms with Gasteiger partial charge in [0.2, 0.25) is 5.76 Å². The first kappa shape index (κ1) is 16.6. The first-order chi connectivity index (χ1) is 11.0. The highest BCUT2D eigenvalue weighted by molar-refractivity contribution is 6.03. The van der Waals surface area contributed by atoms with Gasteiger partial charge in [0, 0.05) is 5.69 Å². The van der Waals surface area contributed by atoms with Gasteiger partial charge in [-0.25, -0.2) is 4.79 Å². The minimum Gasteiger partial charge on any atom is -0.494 e. The second-order valence-electron chi connectivity index (χ2n) is 5.10. The third-order valence-electron chi connectivity index (χ3n) is 3.25. The van der Waals surface area contributed by atoms with Gasteiger partial charge in [0.1, 0.15) is 5.75 Å². The summed E-state index contributed by atoms with van der Waals surface area (Å²) in [5.74, 6) is -1.29. The maximum absolute atomic E-state index is 12.1. The molecular weight excluding hydrogens is 298 g/mol. The van der Waals surface area contributed by atoms with Crippen LogP contribution in [0.2, 0.25) is 0 Å². The minimum atomic E-state index is -1.21. The molecule has 0 bridgehead atoms. The number of nitrogens with one attached hydrogen (secondary N) is 1. The molecular formula is C17H19NO5. The minimum absolute atomic E-state index is 0.0509. The summed E-state index contributed by atoms with van der Waals surface area (Å²) in [6, 6.07) is 7.94. The Morgan fingerprint density at radius 3 is 2.57 bits per heavy atom. The lowest BCUT2D eigenvalue weighted by Gasteiger charge is -2.10. The van der Waals surface area contributed by atoms with Gasteiger partial charge in [-0.15, -0.1) is 0 Å². The molecule has 0 saturated carbocycles. The fraction of sp³-hybridized carbons (Fsp3) is 0.294. The lowest BCUT2D eigenvalue weighted by molar-refractivity contribution is 0.0660. The molecule has 1 heterocycles. The van der Waals surface area contributed by atoms with Crippen LogP contribution in [0.25, 0.3) is 0 Å². The molecule has 1 amide bonds. The van der Waals surface area contributed by atoms with Gasteiger partial charge in [-0.2, -0.15) is 0 Å². The number of anilines is 1. The van der Waals surface area contributed by atoms with Crippen LogP contribution in [-0.2, 0) is 0 Å². The maximum Gasteiger partial charge on any atom is 0.371 e. The second-order valence-corrected chi connectivity index (χ2v) is 5.10. The summed E-state index contributed by atoms with van der Waals surface area (Å²) in [5, 5.41) is 11.5. The van der Waals surface area contributed by atoms with Gasteiger partial charge in [0.05, 0.1) is 6.61 Å². The molecule has 1 aromatic heterocycles. The fourth-order valence-corrected chi connectivity index (χ4v) is 1.96. The number of aromatic carboxylic acids is 1. The van der Waals surface area contributed by atoms with Crippen molar-refractivity contribution in [1.82, 2.24) is 0 Å². The summed E-state index contributed by atoms with van der Waals surface area (Å²) in [6.07, 6.45) is 2.05. The van der Waals surface area contributed by atoms with Crippen LogP contribution in [-0.4, -0.2) is 23.6 Å². The number of rotatable bonds is 7. The molecule has 0 aliphatic rings. The summed E-state index contributed by atoms with van der Waals surface area (Å²) >= 11 is 0. The van der Waals surface area contributed by atoms with Gasteiger partial charge in [-0.1, -0.05) is 13.3 Å². The van der Waals surface area contributed by atoms with Crippen molar-refractivity contribution < 1.29 is 23.8 Å². The standard InChI is InChI=1S/C17H19NO5/c1-3-4-9-22-12-5-6-13(11(2)10-12)18-16(19)14-7-8-15(23-14)17(20)21/h5-8,10H,3-4,9H2,1-2H3,(H,18,19)(H,20,21). The van der Waals surface area contributed by atoms with Crippen molar-refractivity contribution in [3.05, 3.63) is 47.4 Å².